The smallest absolute Gasteiger partial charge is 0.0440 e. The van der Waals surface area contributed by atoms with Crippen molar-refractivity contribution in [2.75, 3.05) is 19.6 Å². The van der Waals surface area contributed by atoms with Crippen LogP contribution < -0.4 is 5.73 Å². The fraction of sp³-hybridized carbons (Fsp3) is 1.00. The molecule has 2 saturated carbocycles. The molecule has 0 spiro atoms. The molecular weight excluding hydrogens is 160 g/mol. The first-order valence-corrected chi connectivity index (χ1v) is 5.77. The van der Waals surface area contributed by atoms with Gasteiger partial charge in [-0.3, -0.25) is 4.90 Å². The van der Waals surface area contributed by atoms with E-state index in [1.54, 1.807) is 0 Å². The minimum absolute atomic E-state index is 0.240. The summed E-state index contributed by atoms with van der Waals surface area (Å²) in [4.78, 5) is 2.57. The largest absolute Gasteiger partial charge is 0.323 e. The maximum absolute atomic E-state index is 6.29. The quantitative estimate of drug-likeness (QED) is 0.707. The van der Waals surface area contributed by atoms with Crippen LogP contribution in [0.3, 0.4) is 0 Å². The van der Waals surface area contributed by atoms with Gasteiger partial charge in [0.2, 0.25) is 0 Å². The van der Waals surface area contributed by atoms with Crippen LogP contribution in [0, 0.1) is 11.8 Å². The molecule has 0 amide bonds. The fourth-order valence-corrected chi connectivity index (χ4v) is 2.87. The number of nitrogens with zero attached hydrogens (tertiary/aromatic N) is 1. The number of likely N-dealkylation sites (tertiary alicyclic amines) is 1. The highest BCUT2D eigenvalue weighted by atomic mass is 15.3. The lowest BCUT2D eigenvalue weighted by atomic mass is 9.81. The summed E-state index contributed by atoms with van der Waals surface area (Å²) in [6, 6.07) is 0. The Balaban J connectivity index is 1.45. The Labute approximate surface area is 80.5 Å². The number of hydrogen-bond donors (Lipinski definition) is 1. The highest BCUT2D eigenvalue weighted by molar-refractivity contribution is 5.09. The molecule has 0 aromatic carbocycles. The van der Waals surface area contributed by atoms with Crippen molar-refractivity contribution in [2.24, 2.45) is 17.6 Å². The molecule has 2 aliphatic carbocycles. The standard InChI is InChI=1S/C11H20N2/c12-11(10-4-5-10)7-13(8-11)6-9-2-1-3-9/h9-10H,1-8,12H2. The van der Waals surface area contributed by atoms with Crippen LogP contribution in [-0.4, -0.2) is 30.1 Å². The first-order valence-electron chi connectivity index (χ1n) is 5.77. The van der Waals surface area contributed by atoms with Gasteiger partial charge in [0, 0.05) is 25.2 Å². The third-order valence-electron chi connectivity index (χ3n) is 4.17. The van der Waals surface area contributed by atoms with Crippen molar-refractivity contribution in [3.8, 4) is 0 Å². The molecule has 0 aromatic rings. The van der Waals surface area contributed by atoms with Gasteiger partial charge in [0.05, 0.1) is 0 Å². The molecule has 3 fully saturated rings. The van der Waals surface area contributed by atoms with Crippen molar-refractivity contribution >= 4 is 0 Å². The zero-order valence-electron chi connectivity index (χ0n) is 8.34. The molecule has 0 atom stereocenters. The molecule has 2 N–H and O–H groups in total. The van der Waals surface area contributed by atoms with E-state index in [0.717, 1.165) is 11.8 Å². The van der Waals surface area contributed by atoms with Gasteiger partial charge in [-0.1, -0.05) is 6.42 Å². The van der Waals surface area contributed by atoms with Crippen molar-refractivity contribution in [3.63, 3.8) is 0 Å². The Kier molecular flexibility index (Phi) is 1.72. The predicted molar refractivity (Wildman–Crippen MR) is 53.4 cm³/mol. The Bertz CT molecular complexity index is 200. The molecule has 0 unspecified atom stereocenters. The third-order valence-corrected chi connectivity index (χ3v) is 4.17. The van der Waals surface area contributed by atoms with Crippen LogP contribution >= 0.6 is 0 Å². The van der Waals surface area contributed by atoms with Crippen LogP contribution in [-0.2, 0) is 0 Å². The van der Waals surface area contributed by atoms with E-state index in [-0.39, 0.29) is 5.54 Å². The molecule has 74 valence electrons. The SMILES string of the molecule is NC1(C2CC2)CN(CC2CCC2)C1. The minimum Gasteiger partial charge on any atom is -0.323 e. The van der Waals surface area contributed by atoms with Crippen LogP contribution in [0.2, 0.25) is 0 Å². The summed E-state index contributed by atoms with van der Waals surface area (Å²) in [5.41, 5.74) is 6.53. The monoisotopic (exact) mass is 180 g/mol. The maximum atomic E-state index is 6.29. The first kappa shape index (κ1) is 8.25. The van der Waals surface area contributed by atoms with E-state index < -0.39 is 0 Å². The van der Waals surface area contributed by atoms with Gasteiger partial charge in [0.15, 0.2) is 0 Å². The second kappa shape index (κ2) is 2.71. The van der Waals surface area contributed by atoms with Crippen molar-refractivity contribution in [3.05, 3.63) is 0 Å². The molecule has 1 aliphatic heterocycles. The van der Waals surface area contributed by atoms with Gasteiger partial charge in [0.1, 0.15) is 0 Å². The molecule has 0 radical (unpaired) electrons. The molecule has 13 heavy (non-hydrogen) atoms. The molecule has 3 aliphatic rings. The summed E-state index contributed by atoms with van der Waals surface area (Å²) in [6.45, 7) is 3.72. The Morgan fingerprint density at radius 1 is 1.15 bits per heavy atom. The summed E-state index contributed by atoms with van der Waals surface area (Å²) in [5, 5.41) is 0. The Morgan fingerprint density at radius 3 is 2.31 bits per heavy atom. The average molecular weight is 180 g/mol. The first-order chi connectivity index (χ1) is 6.26. The maximum Gasteiger partial charge on any atom is 0.0440 e. The Hall–Kier alpha value is -0.0800. The van der Waals surface area contributed by atoms with Crippen molar-refractivity contribution in [1.29, 1.82) is 0 Å². The Morgan fingerprint density at radius 2 is 1.85 bits per heavy atom. The minimum atomic E-state index is 0.240. The van der Waals surface area contributed by atoms with E-state index in [4.69, 9.17) is 5.73 Å². The van der Waals surface area contributed by atoms with Crippen molar-refractivity contribution in [1.82, 2.24) is 4.90 Å². The highest BCUT2D eigenvalue weighted by Gasteiger charge is 2.50. The van der Waals surface area contributed by atoms with Crippen LogP contribution in [0.5, 0.6) is 0 Å². The van der Waals surface area contributed by atoms with Crippen molar-refractivity contribution in [2.45, 2.75) is 37.6 Å². The van der Waals surface area contributed by atoms with Gasteiger partial charge in [-0.15, -0.1) is 0 Å². The van der Waals surface area contributed by atoms with Gasteiger partial charge < -0.3 is 5.73 Å². The molecule has 2 heteroatoms. The lowest BCUT2D eigenvalue weighted by Crippen LogP contribution is -2.69. The van der Waals surface area contributed by atoms with E-state index in [2.05, 4.69) is 4.90 Å². The second-order valence-electron chi connectivity index (χ2n) is 5.47. The average Bonchev–Trinajstić information content (AvgIpc) is 2.73. The lowest BCUT2D eigenvalue weighted by Gasteiger charge is -2.50. The predicted octanol–water partition coefficient (Wildman–Crippen LogP) is 1.21. The van der Waals surface area contributed by atoms with E-state index in [9.17, 15) is 0 Å². The van der Waals surface area contributed by atoms with Crippen LogP contribution in [0.1, 0.15) is 32.1 Å². The number of rotatable bonds is 3. The zero-order valence-corrected chi connectivity index (χ0v) is 8.34. The van der Waals surface area contributed by atoms with Crippen LogP contribution in [0.25, 0.3) is 0 Å². The fourth-order valence-electron chi connectivity index (χ4n) is 2.87. The third kappa shape index (κ3) is 1.40. The van der Waals surface area contributed by atoms with Crippen molar-refractivity contribution < 1.29 is 0 Å². The van der Waals surface area contributed by atoms with Gasteiger partial charge in [-0.2, -0.15) is 0 Å². The lowest BCUT2D eigenvalue weighted by molar-refractivity contribution is 0.0285. The molecule has 0 bridgehead atoms. The zero-order chi connectivity index (χ0) is 8.89. The second-order valence-corrected chi connectivity index (χ2v) is 5.47. The molecule has 1 heterocycles. The molecule has 3 rings (SSSR count). The normalized spacial score (nSPS) is 33.9. The topological polar surface area (TPSA) is 29.3 Å². The molecule has 0 aromatic heterocycles. The van der Waals surface area contributed by atoms with E-state index in [0.29, 0.717) is 0 Å². The van der Waals surface area contributed by atoms with E-state index in [1.807, 2.05) is 0 Å². The number of hydrogen-bond acceptors (Lipinski definition) is 2. The van der Waals surface area contributed by atoms with Crippen LogP contribution in [0.4, 0.5) is 0 Å². The van der Waals surface area contributed by atoms with Gasteiger partial charge >= 0.3 is 0 Å². The molecule has 1 saturated heterocycles. The van der Waals surface area contributed by atoms with E-state index in [1.165, 1.54) is 51.7 Å². The summed E-state index contributed by atoms with van der Waals surface area (Å²) < 4.78 is 0. The van der Waals surface area contributed by atoms with Crippen LogP contribution in [0.15, 0.2) is 0 Å². The molecule has 2 nitrogen and oxygen atoms in total. The van der Waals surface area contributed by atoms with E-state index >= 15 is 0 Å². The number of nitrogens with two attached hydrogens (primary N) is 1. The molecular formula is C11H20N2. The highest BCUT2D eigenvalue weighted by Crippen LogP contribution is 2.43. The summed E-state index contributed by atoms with van der Waals surface area (Å²) in [5.74, 6) is 1.90. The van der Waals surface area contributed by atoms with Gasteiger partial charge in [0.25, 0.3) is 0 Å². The van der Waals surface area contributed by atoms with Gasteiger partial charge in [-0.05, 0) is 37.5 Å². The summed E-state index contributed by atoms with van der Waals surface area (Å²) in [7, 11) is 0. The summed E-state index contributed by atoms with van der Waals surface area (Å²) >= 11 is 0. The summed E-state index contributed by atoms with van der Waals surface area (Å²) in [6.07, 6.45) is 7.20. The van der Waals surface area contributed by atoms with Gasteiger partial charge in [-0.25, -0.2) is 0 Å².